The van der Waals surface area contributed by atoms with E-state index in [2.05, 4.69) is 60.7 Å². The van der Waals surface area contributed by atoms with Gasteiger partial charge in [-0.15, -0.1) is 0 Å². The molecule has 0 saturated carbocycles. The number of anilines is 2. The van der Waals surface area contributed by atoms with Gasteiger partial charge >= 0.3 is 0 Å². The average molecular weight is 702 g/mol. The van der Waals surface area contributed by atoms with Gasteiger partial charge in [0.2, 0.25) is 7.23 Å². The van der Waals surface area contributed by atoms with Crippen molar-refractivity contribution in [1.29, 1.82) is 0 Å². The average Bonchev–Trinajstić information content (AvgIpc) is 3.82. The fraction of sp³-hybridized carbons (Fsp3) is 0.480. The van der Waals surface area contributed by atoms with Crippen LogP contribution in [0.1, 0.15) is 12.5 Å². The number of rotatable bonds is 13. The molecule has 0 aromatic carbocycles. The van der Waals surface area contributed by atoms with Crippen molar-refractivity contribution in [1.82, 2.24) is 34.1 Å². The number of ether oxygens (including phenoxy) is 2. The molecule has 2 aliphatic rings. The second kappa shape index (κ2) is 14.4. The number of hydrogen-bond donors (Lipinski definition) is 6. The van der Waals surface area contributed by atoms with Crippen LogP contribution in [0.3, 0.4) is 0 Å². The Morgan fingerprint density at radius 1 is 0.913 bits per heavy atom. The van der Waals surface area contributed by atoms with E-state index in [1.807, 2.05) is 12.2 Å². The van der Waals surface area contributed by atoms with Gasteiger partial charge in [-0.25, -0.2) is 33.7 Å². The molecule has 4 N–H and O–H groups in total. The topological polar surface area (TPSA) is 193 Å². The molecule has 1 unspecified atom stereocenters. The minimum Gasteiger partial charge on any atom is -0.394 e. The molecule has 6 rings (SSSR count). The molecule has 9 atom stereocenters. The smallest absolute Gasteiger partial charge is 0.243 e. The van der Waals surface area contributed by atoms with E-state index in [1.165, 1.54) is 28.1 Å². The van der Waals surface area contributed by atoms with Crippen LogP contribution < -0.4 is 10.6 Å². The third-order valence-electron chi connectivity index (χ3n) is 7.61. The molecule has 46 heavy (non-hydrogen) atoms. The number of aliphatic hydroxyl groups is 2. The number of aromatic nitrogens is 7. The van der Waals surface area contributed by atoms with Crippen LogP contribution in [0.2, 0.25) is 0 Å². The first-order chi connectivity index (χ1) is 22.4. The van der Waals surface area contributed by atoms with Gasteiger partial charge in [0.15, 0.2) is 41.8 Å². The molecule has 0 amide bonds. The lowest BCUT2D eigenvalue weighted by atomic mass is 10.1. The quantitative estimate of drug-likeness (QED) is 0.0514. The Balaban J connectivity index is 1.07. The number of aliphatic hydroxyl groups excluding tert-OH is 2. The summed E-state index contributed by atoms with van der Waals surface area (Å²) in [7, 11) is -2.78. The first kappa shape index (κ1) is 33.0. The number of halogens is 2. The molecule has 21 heteroatoms. The molecule has 6 heterocycles. The van der Waals surface area contributed by atoms with Gasteiger partial charge in [-0.1, -0.05) is 24.4 Å². The number of alkyl halides is 2. The van der Waals surface area contributed by atoms with Gasteiger partial charge in [0.25, 0.3) is 0 Å². The van der Waals surface area contributed by atoms with Gasteiger partial charge in [0.05, 0.1) is 24.9 Å². The van der Waals surface area contributed by atoms with Gasteiger partial charge in [-0.2, -0.15) is 0 Å². The summed E-state index contributed by atoms with van der Waals surface area (Å²) in [5.41, 5.74) is 1.09. The molecule has 0 bridgehead atoms. The maximum atomic E-state index is 15.2. The van der Waals surface area contributed by atoms with E-state index in [0.29, 0.717) is 41.3 Å². The molecule has 4 aromatic rings. The van der Waals surface area contributed by atoms with Crippen molar-refractivity contribution in [2.45, 2.75) is 49.2 Å². The monoisotopic (exact) mass is 701 g/mol. The molecular formula is C25H30F2N9O7PS2. The fourth-order valence-corrected chi connectivity index (χ4v) is 6.61. The maximum Gasteiger partial charge on any atom is 0.243 e. The van der Waals surface area contributed by atoms with Crippen LogP contribution >= 0.6 is 32.4 Å². The normalized spacial score (nSPS) is 28.9. The highest BCUT2D eigenvalue weighted by atomic mass is 32.7. The van der Waals surface area contributed by atoms with E-state index >= 15 is 8.78 Å². The van der Waals surface area contributed by atoms with Gasteiger partial charge < -0.3 is 43.6 Å². The molecule has 248 valence electrons. The van der Waals surface area contributed by atoms with Crippen LogP contribution in [0.15, 0.2) is 43.4 Å². The van der Waals surface area contributed by atoms with Gasteiger partial charge in [-0.3, -0.25) is 9.13 Å². The molecule has 0 spiro atoms. The van der Waals surface area contributed by atoms with Crippen LogP contribution in [-0.4, -0.2) is 107 Å². The maximum absolute atomic E-state index is 15.2. The Kier molecular flexibility index (Phi) is 10.4. The number of fused-ring (bicyclic) bond motifs is 2. The Bertz CT molecular complexity index is 1720. The van der Waals surface area contributed by atoms with Crippen LogP contribution in [0.4, 0.5) is 20.4 Å². The summed E-state index contributed by atoms with van der Waals surface area (Å²) in [5.74, 6) is 0.923. The zero-order valence-electron chi connectivity index (χ0n) is 23.7. The van der Waals surface area contributed by atoms with E-state index < -0.39 is 69.7 Å². The fourth-order valence-electron chi connectivity index (χ4n) is 5.48. The van der Waals surface area contributed by atoms with Crippen LogP contribution in [0, 0.1) is 0 Å². The predicted octanol–water partition coefficient (Wildman–Crippen LogP) is 2.04. The zero-order valence-corrected chi connectivity index (χ0v) is 26.5. The predicted molar refractivity (Wildman–Crippen MR) is 167 cm³/mol. The summed E-state index contributed by atoms with van der Waals surface area (Å²) in [5, 5.41) is 26.1. The minimum absolute atomic E-state index is 0.286. The van der Waals surface area contributed by atoms with Gasteiger partial charge in [-0.05, 0) is 19.0 Å². The van der Waals surface area contributed by atoms with Crippen molar-refractivity contribution in [3.8, 4) is 0 Å². The van der Waals surface area contributed by atoms with Crippen molar-refractivity contribution < 1.29 is 41.7 Å². The number of nitrogens with one attached hydrogen (secondary N) is 2. The van der Waals surface area contributed by atoms with E-state index in [0.717, 1.165) is 0 Å². The third kappa shape index (κ3) is 6.33. The summed E-state index contributed by atoms with van der Waals surface area (Å²) < 4.78 is 65.9. The van der Waals surface area contributed by atoms with Crippen LogP contribution in [0.25, 0.3) is 22.2 Å². The van der Waals surface area contributed by atoms with Crippen molar-refractivity contribution >= 4 is 66.2 Å². The van der Waals surface area contributed by atoms with E-state index in [9.17, 15) is 14.8 Å². The SMILES string of the molecule is O=[PH](S)O[C@H]1[C@@H](F)[C@H](n2cnc3c(NC/C=C/CNc4ncnc5c4ccn5[C@@H]4O[C@H](CO)[C@@H](OS)[C@H]4F)ncnc32)O[C@@H]1CO. The largest absolute Gasteiger partial charge is 0.394 e. The van der Waals surface area contributed by atoms with Crippen molar-refractivity contribution in [2.75, 3.05) is 36.9 Å². The summed E-state index contributed by atoms with van der Waals surface area (Å²) in [4.78, 5) is 21.4. The second-order valence-corrected chi connectivity index (χ2v) is 12.3. The van der Waals surface area contributed by atoms with E-state index in [1.54, 1.807) is 12.3 Å². The summed E-state index contributed by atoms with van der Waals surface area (Å²) >= 11 is 7.43. The molecular weight excluding hydrogens is 671 g/mol. The Hall–Kier alpha value is -2.94. The molecule has 0 radical (unpaired) electrons. The highest BCUT2D eigenvalue weighted by Gasteiger charge is 2.48. The summed E-state index contributed by atoms with van der Waals surface area (Å²) in [6, 6.07) is 1.74. The zero-order chi connectivity index (χ0) is 32.4. The van der Waals surface area contributed by atoms with Crippen molar-refractivity contribution in [2.24, 2.45) is 0 Å². The lowest BCUT2D eigenvalue weighted by Gasteiger charge is -2.16. The summed E-state index contributed by atoms with van der Waals surface area (Å²) in [6.45, 7) is -0.207. The number of hydrogen-bond acceptors (Lipinski definition) is 15. The number of thiol groups is 2. The lowest BCUT2D eigenvalue weighted by Crippen LogP contribution is -2.31. The van der Waals surface area contributed by atoms with Crippen molar-refractivity contribution in [3.63, 3.8) is 0 Å². The van der Waals surface area contributed by atoms with Crippen LogP contribution in [-0.2, 0) is 22.7 Å². The molecule has 0 aliphatic carbocycles. The van der Waals surface area contributed by atoms with Crippen molar-refractivity contribution in [3.05, 3.63) is 43.4 Å². The molecule has 16 nitrogen and oxygen atoms in total. The van der Waals surface area contributed by atoms with Gasteiger partial charge in [0, 0.05) is 19.3 Å². The standard InChI is InChI=1S/C25H30F2N9O7PS2/c26-15-18(42-44(39)46)13(7-37)40-25(15)36-11-34-17-21(31-10-33-23(17)36)29-5-2-1-4-28-20-12-3-6-35(22(12)32-9-30-20)24-16(27)19(43-45)14(8-38)41-24/h1-3,6,9-11,13-16,18-19,24-25,37-38,44-45H,4-5,7-8H2,(H,39,46)(H,28,30,32)(H,29,31,33)/b2-1+/t13-,14-,15-,16-,18-,19-,24-,25-/m1/s1. The highest BCUT2D eigenvalue weighted by molar-refractivity contribution is 8.39. The second-order valence-electron chi connectivity index (χ2n) is 10.3. The summed E-state index contributed by atoms with van der Waals surface area (Å²) in [6.07, 6.45) is -0.495. The molecule has 2 aliphatic heterocycles. The number of imidazole rings is 1. The first-order valence-corrected chi connectivity index (χ1v) is 17.0. The minimum atomic E-state index is -2.78. The Labute approximate surface area is 271 Å². The first-order valence-electron chi connectivity index (χ1n) is 14.0. The molecule has 2 saturated heterocycles. The highest BCUT2D eigenvalue weighted by Crippen LogP contribution is 2.41. The lowest BCUT2D eigenvalue weighted by molar-refractivity contribution is -0.0427. The van der Waals surface area contributed by atoms with Gasteiger partial charge in [0.1, 0.15) is 48.5 Å². The van der Waals surface area contributed by atoms with E-state index in [4.69, 9.17) is 18.2 Å². The number of nitrogens with zero attached hydrogens (tertiary/aromatic N) is 7. The Morgan fingerprint density at radius 2 is 1.52 bits per heavy atom. The van der Waals surface area contributed by atoms with E-state index in [-0.39, 0.29) is 5.65 Å². The van der Waals surface area contributed by atoms with Crippen LogP contribution in [0.5, 0.6) is 0 Å². The molecule has 4 aromatic heterocycles. The molecule has 2 fully saturated rings. The Morgan fingerprint density at radius 3 is 2.17 bits per heavy atom. The third-order valence-corrected chi connectivity index (χ3v) is 8.64.